The van der Waals surface area contributed by atoms with Gasteiger partial charge in [0.25, 0.3) is 0 Å². The summed E-state index contributed by atoms with van der Waals surface area (Å²) in [5, 5.41) is 11.0. The van der Waals surface area contributed by atoms with Gasteiger partial charge in [-0.1, -0.05) is 29.3 Å². The fraction of sp³-hybridized carbons (Fsp3) is 0.200. The van der Waals surface area contributed by atoms with Crippen LogP contribution in [-0.2, 0) is 6.42 Å². The monoisotopic (exact) mass is 313 g/mol. The smallest absolute Gasteiger partial charge is 0.126 e. The molecule has 0 bridgehead atoms. The summed E-state index contributed by atoms with van der Waals surface area (Å²) in [5.74, 6) is -0.448. The summed E-state index contributed by atoms with van der Waals surface area (Å²) < 4.78 is 13.8. The Bertz CT molecular complexity index is 611. The highest BCUT2D eigenvalue weighted by Crippen LogP contribution is 2.41. The molecule has 0 unspecified atom stereocenters. The highest BCUT2D eigenvalue weighted by molar-refractivity contribution is 6.39. The fourth-order valence-corrected chi connectivity index (χ4v) is 2.69. The Kier molecular flexibility index (Phi) is 4.86. The van der Waals surface area contributed by atoms with E-state index < -0.39 is 5.82 Å². The van der Waals surface area contributed by atoms with Gasteiger partial charge in [-0.25, -0.2) is 4.39 Å². The van der Waals surface area contributed by atoms with Crippen LogP contribution in [0.3, 0.4) is 0 Å². The van der Waals surface area contributed by atoms with Crippen LogP contribution in [0, 0.1) is 5.82 Å². The lowest BCUT2D eigenvalue weighted by atomic mass is 9.98. The van der Waals surface area contributed by atoms with Crippen LogP contribution in [0.1, 0.15) is 12.0 Å². The summed E-state index contributed by atoms with van der Waals surface area (Å²) in [4.78, 5) is 0. The number of aryl methyl sites for hydroxylation is 1. The Morgan fingerprint density at radius 2 is 1.80 bits per heavy atom. The van der Waals surface area contributed by atoms with Gasteiger partial charge in [0, 0.05) is 11.1 Å². The van der Waals surface area contributed by atoms with Gasteiger partial charge in [-0.05, 0) is 49.2 Å². The van der Waals surface area contributed by atoms with E-state index in [1.54, 1.807) is 18.2 Å². The van der Waals surface area contributed by atoms with Crippen molar-refractivity contribution in [3.05, 3.63) is 51.8 Å². The third-order valence-corrected chi connectivity index (χ3v) is 3.67. The van der Waals surface area contributed by atoms with Crippen LogP contribution in [0.4, 0.5) is 4.39 Å². The zero-order valence-corrected chi connectivity index (χ0v) is 12.2. The Morgan fingerprint density at radius 3 is 2.40 bits per heavy atom. The van der Waals surface area contributed by atoms with Gasteiger partial charge in [0.15, 0.2) is 0 Å². The van der Waals surface area contributed by atoms with Crippen LogP contribution in [0.25, 0.3) is 11.1 Å². The first-order chi connectivity index (χ1) is 9.54. The third-order valence-electron chi connectivity index (χ3n) is 3.04. The average Bonchev–Trinajstić information content (AvgIpc) is 2.40. The van der Waals surface area contributed by atoms with E-state index >= 15 is 0 Å². The minimum absolute atomic E-state index is 0.00477. The van der Waals surface area contributed by atoms with Gasteiger partial charge in [0.05, 0.1) is 10.0 Å². The van der Waals surface area contributed by atoms with Crippen LogP contribution < -0.4 is 5.73 Å². The Hall–Kier alpha value is -1.29. The van der Waals surface area contributed by atoms with Gasteiger partial charge in [-0.3, -0.25) is 0 Å². The van der Waals surface area contributed by atoms with Gasteiger partial charge in [0.2, 0.25) is 0 Å². The van der Waals surface area contributed by atoms with Crippen molar-refractivity contribution in [1.82, 2.24) is 0 Å². The first-order valence-electron chi connectivity index (χ1n) is 6.20. The van der Waals surface area contributed by atoms with E-state index in [-0.39, 0.29) is 5.75 Å². The Labute approximate surface area is 126 Å². The van der Waals surface area contributed by atoms with Crippen molar-refractivity contribution in [2.24, 2.45) is 5.73 Å². The van der Waals surface area contributed by atoms with E-state index in [2.05, 4.69) is 0 Å². The molecule has 0 atom stereocenters. The van der Waals surface area contributed by atoms with E-state index in [0.717, 1.165) is 0 Å². The molecule has 2 rings (SSSR count). The maximum atomic E-state index is 13.8. The molecular formula is C15H14Cl2FNO. The molecule has 0 saturated heterocycles. The predicted molar refractivity (Wildman–Crippen MR) is 80.9 cm³/mol. The van der Waals surface area contributed by atoms with Crippen LogP contribution in [0.15, 0.2) is 30.3 Å². The number of nitrogens with two attached hydrogens (primary N) is 1. The molecule has 106 valence electrons. The van der Waals surface area contributed by atoms with Crippen LogP contribution in [0.5, 0.6) is 5.75 Å². The summed E-state index contributed by atoms with van der Waals surface area (Å²) in [6.45, 7) is 0.470. The van der Waals surface area contributed by atoms with Crippen molar-refractivity contribution in [2.45, 2.75) is 12.8 Å². The number of phenolic OH excluding ortho intramolecular Hbond substituents is 1. The molecule has 0 aliphatic heterocycles. The average molecular weight is 314 g/mol. The lowest BCUT2D eigenvalue weighted by molar-refractivity contribution is 0.466. The molecule has 2 aromatic rings. The van der Waals surface area contributed by atoms with Gasteiger partial charge in [0.1, 0.15) is 11.6 Å². The molecule has 0 amide bonds. The highest BCUT2D eigenvalue weighted by Gasteiger charge is 2.16. The number of hydrogen-bond acceptors (Lipinski definition) is 2. The second-order valence-electron chi connectivity index (χ2n) is 4.45. The molecule has 5 heteroatoms. The van der Waals surface area contributed by atoms with Crippen molar-refractivity contribution < 1.29 is 9.50 Å². The zero-order chi connectivity index (χ0) is 14.7. The number of phenols is 1. The molecule has 0 aliphatic carbocycles. The SMILES string of the molecule is NCCCc1cc(F)cc(-c2c(Cl)cccc2Cl)c1O. The molecule has 0 fully saturated rings. The number of benzene rings is 2. The quantitative estimate of drug-likeness (QED) is 0.879. The van der Waals surface area contributed by atoms with Crippen molar-refractivity contribution in [3.63, 3.8) is 0 Å². The predicted octanol–water partition coefficient (Wildman–Crippen LogP) is 4.40. The lowest BCUT2D eigenvalue weighted by Gasteiger charge is -2.13. The summed E-state index contributed by atoms with van der Waals surface area (Å²) in [7, 11) is 0. The van der Waals surface area contributed by atoms with Crippen LogP contribution in [0.2, 0.25) is 10.0 Å². The summed E-state index contributed by atoms with van der Waals surface area (Å²) >= 11 is 12.2. The summed E-state index contributed by atoms with van der Waals surface area (Å²) in [5.41, 5.74) is 6.68. The fourth-order valence-electron chi connectivity index (χ4n) is 2.08. The molecule has 0 aromatic heterocycles. The number of rotatable bonds is 4. The zero-order valence-electron chi connectivity index (χ0n) is 10.7. The van der Waals surface area contributed by atoms with E-state index in [1.165, 1.54) is 12.1 Å². The van der Waals surface area contributed by atoms with E-state index in [0.29, 0.717) is 46.1 Å². The standard InChI is InChI=1S/C15H14Cl2FNO/c16-12-4-1-5-13(17)14(12)11-8-10(18)7-9(15(11)20)3-2-6-19/h1,4-5,7-8,20H,2-3,6,19H2. The van der Waals surface area contributed by atoms with E-state index in [4.69, 9.17) is 28.9 Å². The van der Waals surface area contributed by atoms with E-state index in [1.807, 2.05) is 0 Å². The second kappa shape index (κ2) is 6.44. The maximum absolute atomic E-state index is 13.8. The van der Waals surface area contributed by atoms with Crippen LogP contribution >= 0.6 is 23.2 Å². The third kappa shape index (κ3) is 3.06. The molecule has 0 aliphatic rings. The van der Waals surface area contributed by atoms with Crippen LogP contribution in [-0.4, -0.2) is 11.7 Å². The first-order valence-corrected chi connectivity index (χ1v) is 6.96. The normalized spacial score (nSPS) is 10.8. The topological polar surface area (TPSA) is 46.2 Å². The summed E-state index contributed by atoms with van der Waals surface area (Å²) in [6, 6.07) is 7.52. The van der Waals surface area contributed by atoms with Crippen molar-refractivity contribution in [2.75, 3.05) is 6.54 Å². The van der Waals surface area contributed by atoms with Gasteiger partial charge in [-0.15, -0.1) is 0 Å². The molecular weight excluding hydrogens is 300 g/mol. The van der Waals surface area contributed by atoms with Crippen molar-refractivity contribution >= 4 is 23.2 Å². The second-order valence-corrected chi connectivity index (χ2v) is 5.26. The molecule has 3 N–H and O–H groups in total. The minimum atomic E-state index is -0.444. The van der Waals surface area contributed by atoms with Crippen molar-refractivity contribution in [1.29, 1.82) is 0 Å². The van der Waals surface area contributed by atoms with E-state index in [9.17, 15) is 9.50 Å². The van der Waals surface area contributed by atoms with Crippen molar-refractivity contribution in [3.8, 4) is 16.9 Å². The van der Waals surface area contributed by atoms with Gasteiger partial charge >= 0.3 is 0 Å². The molecule has 0 spiro atoms. The number of hydrogen-bond donors (Lipinski definition) is 2. The minimum Gasteiger partial charge on any atom is -0.507 e. The molecule has 2 aromatic carbocycles. The Morgan fingerprint density at radius 1 is 1.15 bits per heavy atom. The lowest BCUT2D eigenvalue weighted by Crippen LogP contribution is -2.01. The number of aromatic hydroxyl groups is 1. The highest BCUT2D eigenvalue weighted by atomic mass is 35.5. The first kappa shape index (κ1) is 15.1. The van der Waals surface area contributed by atoms with Gasteiger partial charge in [-0.2, -0.15) is 0 Å². The molecule has 0 heterocycles. The maximum Gasteiger partial charge on any atom is 0.126 e. The Balaban J connectivity index is 2.59. The number of halogens is 3. The summed E-state index contributed by atoms with van der Waals surface area (Å²) in [6.07, 6.45) is 1.15. The molecule has 0 radical (unpaired) electrons. The molecule has 20 heavy (non-hydrogen) atoms. The molecule has 0 saturated carbocycles. The molecule has 2 nitrogen and oxygen atoms in total. The largest absolute Gasteiger partial charge is 0.507 e. The van der Waals surface area contributed by atoms with Gasteiger partial charge < -0.3 is 10.8 Å².